The van der Waals surface area contributed by atoms with E-state index in [9.17, 15) is 14.0 Å². The lowest BCUT2D eigenvalue weighted by molar-refractivity contribution is 0.0817. The van der Waals surface area contributed by atoms with E-state index >= 15 is 0 Å². The molecule has 2 aromatic carbocycles. The van der Waals surface area contributed by atoms with Crippen LogP contribution < -0.4 is 0 Å². The number of hydrogen-bond donors (Lipinski definition) is 1. The number of fused-ring (bicyclic) bond motifs is 2. The first-order valence-electron chi connectivity index (χ1n) is 12.3. The summed E-state index contributed by atoms with van der Waals surface area (Å²) < 4.78 is 21.4. The molecule has 9 heteroatoms. The van der Waals surface area contributed by atoms with E-state index in [1.165, 1.54) is 17.0 Å². The smallest absolute Gasteiger partial charge is 0.270 e. The van der Waals surface area contributed by atoms with Crippen molar-refractivity contribution in [2.75, 3.05) is 14.1 Å². The molecule has 0 radical (unpaired) electrons. The maximum atomic E-state index is 13.8. The minimum absolute atomic E-state index is 0.130. The van der Waals surface area contributed by atoms with E-state index in [0.717, 1.165) is 28.0 Å². The Kier molecular flexibility index (Phi) is 5.83. The van der Waals surface area contributed by atoms with Gasteiger partial charge < -0.3 is 18.9 Å². The van der Waals surface area contributed by atoms with Crippen LogP contribution in [0.3, 0.4) is 0 Å². The molecule has 4 aromatic heterocycles. The molecule has 0 spiro atoms. The lowest BCUT2D eigenvalue weighted by atomic mass is 10.0. The summed E-state index contributed by atoms with van der Waals surface area (Å²) in [7, 11) is 3.26. The highest BCUT2D eigenvalue weighted by Crippen LogP contribution is 2.31. The number of nitrogens with zero attached hydrogens (tertiary/aromatic N) is 4. The molecule has 0 bridgehead atoms. The number of imidazole rings is 1. The minimum Gasteiger partial charge on any atom is -0.456 e. The van der Waals surface area contributed by atoms with Crippen LogP contribution >= 0.6 is 0 Å². The van der Waals surface area contributed by atoms with Gasteiger partial charge in [-0.15, -0.1) is 0 Å². The van der Waals surface area contributed by atoms with Crippen molar-refractivity contribution in [2.45, 2.75) is 13.5 Å². The number of aromatic nitrogens is 4. The molecule has 4 heterocycles. The Labute approximate surface area is 222 Å². The molecule has 6 aromatic rings. The van der Waals surface area contributed by atoms with Crippen molar-refractivity contribution in [1.82, 2.24) is 24.4 Å². The Morgan fingerprint density at radius 3 is 2.56 bits per heavy atom. The monoisotopic (exact) mass is 521 g/mol. The second kappa shape index (κ2) is 9.36. The lowest BCUT2D eigenvalue weighted by Gasteiger charge is -2.10. The van der Waals surface area contributed by atoms with Gasteiger partial charge in [-0.05, 0) is 54.4 Å². The van der Waals surface area contributed by atoms with Gasteiger partial charge in [-0.1, -0.05) is 24.3 Å². The average molecular weight is 522 g/mol. The van der Waals surface area contributed by atoms with E-state index in [4.69, 9.17) is 4.42 Å². The number of benzene rings is 2. The number of carbonyl (C=O) groups is 2. The average Bonchev–Trinajstić information content (AvgIpc) is 3.64. The number of carbonyl (C=O) groups excluding carboxylic acids is 2. The van der Waals surface area contributed by atoms with E-state index in [1.54, 1.807) is 56.8 Å². The summed E-state index contributed by atoms with van der Waals surface area (Å²) in [6, 6.07) is 16.9. The summed E-state index contributed by atoms with van der Waals surface area (Å²) in [4.78, 5) is 40.1. The second-order valence-electron chi connectivity index (χ2n) is 9.55. The van der Waals surface area contributed by atoms with Gasteiger partial charge in [-0.25, -0.2) is 9.37 Å². The molecule has 0 aliphatic rings. The molecule has 194 valence electrons. The first-order valence-corrected chi connectivity index (χ1v) is 12.3. The number of ketones is 1. The maximum absolute atomic E-state index is 13.8. The van der Waals surface area contributed by atoms with Gasteiger partial charge in [0, 0.05) is 31.2 Å². The minimum atomic E-state index is -0.399. The third kappa shape index (κ3) is 4.27. The molecule has 6 rings (SSSR count). The number of aryl methyl sites for hydroxylation is 1. The Morgan fingerprint density at radius 1 is 1.03 bits per heavy atom. The van der Waals surface area contributed by atoms with Crippen LogP contribution in [-0.4, -0.2) is 50.2 Å². The first kappa shape index (κ1) is 24.3. The van der Waals surface area contributed by atoms with Crippen molar-refractivity contribution in [2.24, 2.45) is 0 Å². The Morgan fingerprint density at radius 2 is 1.79 bits per heavy atom. The standard InChI is InChI=1S/C30H24FN5O3/c1-17-33-24-15-32-13-12-25(24)36(17)16-21-9-11-26(39-21)29(37)27-22-10-6-19(18-4-7-20(31)8-5-18)14-23(22)34-28(27)30(38)35(2)3/h4-15,34H,16H2,1-3H3. The van der Waals surface area contributed by atoms with Crippen LogP contribution in [0.2, 0.25) is 0 Å². The van der Waals surface area contributed by atoms with E-state index in [0.29, 0.717) is 23.2 Å². The van der Waals surface area contributed by atoms with Gasteiger partial charge in [0.1, 0.15) is 28.6 Å². The molecule has 0 saturated carbocycles. The number of furan rings is 1. The van der Waals surface area contributed by atoms with Crippen LogP contribution in [0.25, 0.3) is 33.1 Å². The summed E-state index contributed by atoms with van der Waals surface area (Å²) in [6.45, 7) is 2.29. The summed E-state index contributed by atoms with van der Waals surface area (Å²) in [5.74, 6) is 0.455. The molecular weight excluding hydrogens is 497 g/mol. The van der Waals surface area contributed by atoms with Crippen molar-refractivity contribution in [1.29, 1.82) is 0 Å². The van der Waals surface area contributed by atoms with Crippen molar-refractivity contribution < 1.29 is 18.4 Å². The number of H-pyrrole nitrogens is 1. The van der Waals surface area contributed by atoms with E-state index < -0.39 is 5.78 Å². The zero-order chi connectivity index (χ0) is 27.3. The lowest BCUT2D eigenvalue weighted by Crippen LogP contribution is -2.24. The van der Waals surface area contributed by atoms with Crippen LogP contribution in [-0.2, 0) is 6.54 Å². The second-order valence-corrected chi connectivity index (χ2v) is 9.55. The van der Waals surface area contributed by atoms with E-state index in [1.807, 2.05) is 29.7 Å². The van der Waals surface area contributed by atoms with Crippen LogP contribution in [0.4, 0.5) is 4.39 Å². The fourth-order valence-electron chi connectivity index (χ4n) is 4.80. The molecule has 0 fully saturated rings. The number of aromatic amines is 1. The predicted molar refractivity (Wildman–Crippen MR) is 145 cm³/mol. The van der Waals surface area contributed by atoms with Crippen molar-refractivity contribution >= 4 is 33.6 Å². The van der Waals surface area contributed by atoms with Gasteiger partial charge in [0.2, 0.25) is 5.78 Å². The van der Waals surface area contributed by atoms with Crippen LogP contribution in [0.15, 0.2) is 77.5 Å². The molecule has 8 nitrogen and oxygen atoms in total. The number of nitrogens with one attached hydrogen (secondary N) is 1. The number of pyridine rings is 1. The van der Waals surface area contributed by atoms with Gasteiger partial charge in [-0.3, -0.25) is 14.6 Å². The van der Waals surface area contributed by atoms with Crippen LogP contribution in [0, 0.1) is 12.7 Å². The molecule has 0 aliphatic carbocycles. The normalized spacial score (nSPS) is 11.4. The van der Waals surface area contributed by atoms with Crippen molar-refractivity contribution in [3.05, 3.63) is 107 Å². The van der Waals surface area contributed by atoms with Crippen molar-refractivity contribution in [3.8, 4) is 11.1 Å². The summed E-state index contributed by atoms with van der Waals surface area (Å²) in [5, 5.41) is 0.595. The van der Waals surface area contributed by atoms with Crippen molar-refractivity contribution in [3.63, 3.8) is 0 Å². The topological polar surface area (TPSA) is 97.0 Å². The Bertz CT molecular complexity index is 1880. The SMILES string of the molecule is Cc1nc2cnccc2n1Cc1ccc(C(=O)c2c(C(=O)N(C)C)[nH]c3cc(-c4ccc(F)cc4)ccc23)o1. The highest BCUT2D eigenvalue weighted by atomic mass is 19.1. The fraction of sp³-hybridized carbons (Fsp3) is 0.133. The van der Waals surface area contributed by atoms with Gasteiger partial charge in [0.15, 0.2) is 5.76 Å². The number of rotatable bonds is 6. The molecule has 0 aliphatic heterocycles. The summed E-state index contributed by atoms with van der Waals surface area (Å²) >= 11 is 0. The zero-order valence-electron chi connectivity index (χ0n) is 21.5. The number of hydrogen-bond acceptors (Lipinski definition) is 5. The molecule has 0 unspecified atom stereocenters. The maximum Gasteiger partial charge on any atom is 0.270 e. The van der Waals surface area contributed by atoms with Gasteiger partial charge in [0.25, 0.3) is 5.91 Å². The molecule has 39 heavy (non-hydrogen) atoms. The highest BCUT2D eigenvalue weighted by molar-refractivity contribution is 6.21. The van der Waals surface area contributed by atoms with E-state index in [2.05, 4.69) is 15.0 Å². The predicted octanol–water partition coefficient (Wildman–Crippen LogP) is 5.60. The molecular formula is C30H24FN5O3. The van der Waals surface area contributed by atoms with E-state index in [-0.39, 0.29) is 28.7 Å². The van der Waals surface area contributed by atoms with Crippen LogP contribution in [0.5, 0.6) is 0 Å². The molecule has 0 atom stereocenters. The quantitative estimate of drug-likeness (QED) is 0.288. The first-order chi connectivity index (χ1) is 18.8. The highest BCUT2D eigenvalue weighted by Gasteiger charge is 2.27. The fourth-order valence-corrected chi connectivity index (χ4v) is 4.80. The molecule has 1 N–H and O–H groups in total. The largest absolute Gasteiger partial charge is 0.456 e. The third-order valence-corrected chi connectivity index (χ3v) is 6.76. The van der Waals surface area contributed by atoms with Crippen LogP contribution in [0.1, 0.15) is 38.2 Å². The Hall–Kier alpha value is -5.05. The van der Waals surface area contributed by atoms with Gasteiger partial charge >= 0.3 is 0 Å². The Balaban J connectivity index is 1.39. The third-order valence-electron chi connectivity index (χ3n) is 6.76. The summed E-state index contributed by atoms with van der Waals surface area (Å²) in [6.07, 6.45) is 3.41. The van der Waals surface area contributed by atoms with Gasteiger partial charge in [0.05, 0.1) is 23.8 Å². The van der Waals surface area contributed by atoms with Gasteiger partial charge in [-0.2, -0.15) is 0 Å². The summed E-state index contributed by atoms with van der Waals surface area (Å²) in [5.41, 5.74) is 4.37. The molecule has 1 amide bonds. The molecule has 0 saturated heterocycles. The number of amides is 1. The number of halogens is 1. The zero-order valence-corrected chi connectivity index (χ0v) is 21.5.